The SMILES string of the molecule is CC1(C)CCCNC1C(=O)N[C@H](CC(N)=O)C(=O)O. The molecule has 7 nitrogen and oxygen atoms in total. The van der Waals surface area contributed by atoms with Crippen molar-refractivity contribution in [2.24, 2.45) is 11.1 Å². The largest absolute Gasteiger partial charge is 0.480 e. The quantitative estimate of drug-likeness (QED) is 0.522. The molecule has 1 aliphatic rings. The van der Waals surface area contributed by atoms with E-state index in [9.17, 15) is 14.4 Å². The van der Waals surface area contributed by atoms with Gasteiger partial charge in [0.1, 0.15) is 6.04 Å². The maximum Gasteiger partial charge on any atom is 0.326 e. The maximum absolute atomic E-state index is 12.1. The molecule has 1 saturated heterocycles. The van der Waals surface area contributed by atoms with Gasteiger partial charge >= 0.3 is 5.97 Å². The van der Waals surface area contributed by atoms with Gasteiger partial charge in [0, 0.05) is 0 Å². The average Bonchev–Trinajstić information content (AvgIpc) is 2.26. The van der Waals surface area contributed by atoms with Crippen LogP contribution in [0.1, 0.15) is 33.1 Å². The van der Waals surface area contributed by atoms with E-state index in [0.29, 0.717) is 0 Å². The second-order valence-electron chi connectivity index (χ2n) is 5.55. The number of aliphatic carboxylic acids is 1. The van der Waals surface area contributed by atoms with E-state index in [1.165, 1.54) is 0 Å². The molecular weight excluding hydrogens is 250 g/mol. The summed E-state index contributed by atoms with van der Waals surface area (Å²) in [4.78, 5) is 33.9. The van der Waals surface area contributed by atoms with E-state index >= 15 is 0 Å². The number of rotatable bonds is 5. The highest BCUT2D eigenvalue weighted by atomic mass is 16.4. The van der Waals surface area contributed by atoms with Gasteiger partial charge in [-0.2, -0.15) is 0 Å². The van der Waals surface area contributed by atoms with Gasteiger partial charge in [0.2, 0.25) is 11.8 Å². The number of primary amides is 1. The van der Waals surface area contributed by atoms with Crippen LogP contribution in [0.5, 0.6) is 0 Å². The van der Waals surface area contributed by atoms with Crippen molar-refractivity contribution in [3.05, 3.63) is 0 Å². The summed E-state index contributed by atoms with van der Waals surface area (Å²) in [6.07, 6.45) is 1.44. The van der Waals surface area contributed by atoms with Gasteiger partial charge in [0.25, 0.3) is 0 Å². The first-order chi connectivity index (χ1) is 8.74. The van der Waals surface area contributed by atoms with E-state index in [-0.39, 0.29) is 5.41 Å². The highest BCUT2D eigenvalue weighted by Crippen LogP contribution is 2.30. The van der Waals surface area contributed by atoms with Crippen LogP contribution in [0, 0.1) is 5.41 Å². The van der Waals surface area contributed by atoms with Crippen LogP contribution in [0.15, 0.2) is 0 Å². The lowest BCUT2D eigenvalue weighted by Crippen LogP contribution is -2.58. The highest BCUT2D eigenvalue weighted by molar-refractivity contribution is 5.90. The summed E-state index contributed by atoms with van der Waals surface area (Å²) in [7, 11) is 0. The fourth-order valence-corrected chi connectivity index (χ4v) is 2.31. The molecule has 0 radical (unpaired) electrons. The van der Waals surface area contributed by atoms with Crippen molar-refractivity contribution in [1.29, 1.82) is 0 Å². The van der Waals surface area contributed by atoms with E-state index in [1.54, 1.807) is 0 Å². The van der Waals surface area contributed by atoms with Gasteiger partial charge in [-0.25, -0.2) is 4.79 Å². The molecule has 0 saturated carbocycles. The monoisotopic (exact) mass is 271 g/mol. The molecule has 19 heavy (non-hydrogen) atoms. The number of carbonyl (C=O) groups is 3. The van der Waals surface area contributed by atoms with Gasteiger partial charge in [0.05, 0.1) is 12.5 Å². The number of carboxylic acids is 1. The molecule has 0 aromatic rings. The van der Waals surface area contributed by atoms with Crippen molar-refractivity contribution in [3.8, 4) is 0 Å². The molecule has 1 aliphatic heterocycles. The molecule has 2 amide bonds. The molecule has 0 aromatic carbocycles. The minimum absolute atomic E-state index is 0.252. The molecule has 0 aliphatic carbocycles. The molecule has 7 heteroatoms. The molecule has 0 bridgehead atoms. The van der Waals surface area contributed by atoms with E-state index in [2.05, 4.69) is 10.6 Å². The van der Waals surface area contributed by atoms with Gasteiger partial charge in [0.15, 0.2) is 0 Å². The first kappa shape index (κ1) is 15.4. The summed E-state index contributed by atoms with van der Waals surface area (Å²) in [5.41, 5.74) is 4.72. The average molecular weight is 271 g/mol. The Labute approximate surface area is 111 Å². The number of hydrogen-bond donors (Lipinski definition) is 4. The zero-order chi connectivity index (χ0) is 14.6. The summed E-state index contributed by atoms with van der Waals surface area (Å²) in [6.45, 7) is 4.62. The fourth-order valence-electron chi connectivity index (χ4n) is 2.31. The number of nitrogens with one attached hydrogen (secondary N) is 2. The lowest BCUT2D eigenvalue weighted by atomic mass is 9.77. The minimum Gasteiger partial charge on any atom is -0.480 e. The van der Waals surface area contributed by atoms with Gasteiger partial charge in [-0.05, 0) is 24.8 Å². The zero-order valence-electron chi connectivity index (χ0n) is 11.2. The number of nitrogens with two attached hydrogens (primary N) is 1. The molecule has 0 spiro atoms. The van der Waals surface area contributed by atoms with Crippen LogP contribution in [-0.2, 0) is 14.4 Å². The summed E-state index contributed by atoms with van der Waals surface area (Å²) in [6, 6.07) is -1.74. The van der Waals surface area contributed by atoms with Crippen LogP contribution in [0.25, 0.3) is 0 Å². The van der Waals surface area contributed by atoms with Crippen molar-refractivity contribution < 1.29 is 19.5 Å². The minimum atomic E-state index is -1.27. The molecule has 0 aromatic heterocycles. The zero-order valence-corrected chi connectivity index (χ0v) is 11.2. The summed E-state index contributed by atoms with van der Waals surface area (Å²) >= 11 is 0. The van der Waals surface area contributed by atoms with Gasteiger partial charge in [-0.3, -0.25) is 9.59 Å². The van der Waals surface area contributed by atoms with E-state index < -0.39 is 36.3 Å². The molecular formula is C12H21N3O4. The molecule has 5 N–H and O–H groups in total. The second-order valence-corrected chi connectivity index (χ2v) is 5.55. The first-order valence-corrected chi connectivity index (χ1v) is 6.29. The van der Waals surface area contributed by atoms with Crippen LogP contribution < -0.4 is 16.4 Å². The molecule has 1 heterocycles. The Morgan fingerprint density at radius 1 is 1.47 bits per heavy atom. The smallest absolute Gasteiger partial charge is 0.326 e. The van der Waals surface area contributed by atoms with Crippen molar-refractivity contribution in [2.75, 3.05) is 6.54 Å². The molecule has 108 valence electrons. The number of amides is 2. The van der Waals surface area contributed by atoms with Crippen LogP contribution in [0.2, 0.25) is 0 Å². The van der Waals surface area contributed by atoms with Gasteiger partial charge in [-0.1, -0.05) is 13.8 Å². The van der Waals surface area contributed by atoms with Gasteiger partial charge < -0.3 is 21.5 Å². The predicted molar refractivity (Wildman–Crippen MR) is 68.2 cm³/mol. The Hall–Kier alpha value is -1.63. The summed E-state index contributed by atoms with van der Waals surface area (Å²) in [5.74, 6) is -2.43. The Morgan fingerprint density at radius 2 is 2.11 bits per heavy atom. The number of piperidine rings is 1. The van der Waals surface area contributed by atoms with Crippen LogP contribution in [-0.4, -0.2) is 41.5 Å². The van der Waals surface area contributed by atoms with Crippen LogP contribution in [0.4, 0.5) is 0 Å². The molecule has 1 rings (SSSR count). The highest BCUT2D eigenvalue weighted by Gasteiger charge is 2.38. The topological polar surface area (TPSA) is 122 Å². The second kappa shape index (κ2) is 6.01. The molecule has 2 atom stereocenters. The van der Waals surface area contributed by atoms with Gasteiger partial charge in [-0.15, -0.1) is 0 Å². The summed E-state index contributed by atoms with van der Waals surface area (Å²) in [5, 5.41) is 14.4. The van der Waals surface area contributed by atoms with E-state index in [0.717, 1.165) is 19.4 Å². The normalized spacial score (nSPS) is 23.4. The van der Waals surface area contributed by atoms with Crippen molar-refractivity contribution in [3.63, 3.8) is 0 Å². The van der Waals surface area contributed by atoms with E-state index in [1.807, 2.05) is 13.8 Å². The Balaban J connectivity index is 2.70. The number of carboxylic acid groups (broad SMARTS) is 1. The summed E-state index contributed by atoms with van der Waals surface area (Å²) < 4.78 is 0. The fraction of sp³-hybridized carbons (Fsp3) is 0.750. The standard InChI is InChI=1S/C12H21N3O4/c1-12(2)4-3-5-14-9(12)10(17)15-7(11(18)19)6-8(13)16/h7,9,14H,3-6H2,1-2H3,(H2,13,16)(H,15,17)(H,18,19)/t7-,9?/m1/s1. The molecule has 1 fully saturated rings. The third-order valence-corrected chi connectivity index (χ3v) is 3.41. The molecule has 1 unspecified atom stereocenters. The Kier molecular flexibility index (Phi) is 4.88. The van der Waals surface area contributed by atoms with Crippen LogP contribution in [0.3, 0.4) is 0 Å². The predicted octanol–water partition coefficient (Wildman–Crippen LogP) is -0.791. The van der Waals surface area contributed by atoms with Crippen molar-refractivity contribution in [2.45, 2.75) is 45.2 Å². The maximum atomic E-state index is 12.1. The number of carbonyl (C=O) groups excluding carboxylic acids is 2. The third-order valence-electron chi connectivity index (χ3n) is 3.41. The van der Waals surface area contributed by atoms with Crippen molar-refractivity contribution in [1.82, 2.24) is 10.6 Å². The number of hydrogen-bond acceptors (Lipinski definition) is 4. The van der Waals surface area contributed by atoms with Crippen LogP contribution >= 0.6 is 0 Å². The lowest BCUT2D eigenvalue weighted by molar-refractivity contribution is -0.144. The Bertz CT molecular complexity index is 381. The lowest BCUT2D eigenvalue weighted by Gasteiger charge is -2.38. The Morgan fingerprint density at radius 3 is 2.58 bits per heavy atom. The first-order valence-electron chi connectivity index (χ1n) is 6.29. The third kappa shape index (κ3) is 4.20. The van der Waals surface area contributed by atoms with E-state index in [4.69, 9.17) is 10.8 Å². The van der Waals surface area contributed by atoms with Crippen molar-refractivity contribution >= 4 is 17.8 Å².